The molecule has 0 aromatic rings. The molecule has 1 aliphatic heterocycles. The minimum absolute atomic E-state index is 0.115. The molecule has 0 fully saturated rings. The van der Waals surface area contributed by atoms with Crippen molar-refractivity contribution in [3.8, 4) is 0 Å². The van der Waals surface area contributed by atoms with Gasteiger partial charge in [0.1, 0.15) is 5.83 Å². The zero-order chi connectivity index (χ0) is 10.1. The molecule has 0 N–H and O–H groups in total. The first-order valence-electron chi connectivity index (χ1n) is 4.22. The first-order valence-corrected chi connectivity index (χ1v) is 5.94. The van der Waals surface area contributed by atoms with Crippen LogP contribution in [-0.2, 0) is 9.84 Å². The number of hydrogen-bond donors (Lipinski definition) is 0. The van der Waals surface area contributed by atoms with E-state index in [1.807, 2.05) is 6.92 Å². The highest BCUT2D eigenvalue weighted by Crippen LogP contribution is 2.26. The molecular weight excluding hydrogens is 191 g/mol. The molecule has 0 bridgehead atoms. The lowest BCUT2D eigenvalue weighted by atomic mass is 10.1. The standard InChI is InChI=1S/C9H13FO2S/c1-3-7(2)9(10)8-4-5-13(11,12)6-8/h4-5,8H,3,6H2,1-2H3/b9-7+/t8-/m1/s1. The Morgan fingerprint density at radius 1 is 1.62 bits per heavy atom. The molecular formula is C9H13FO2S. The smallest absolute Gasteiger partial charge is 0.172 e. The lowest BCUT2D eigenvalue weighted by Gasteiger charge is -2.06. The van der Waals surface area contributed by atoms with Crippen molar-refractivity contribution in [3.63, 3.8) is 0 Å². The van der Waals surface area contributed by atoms with Gasteiger partial charge in [0.05, 0.1) is 5.75 Å². The van der Waals surface area contributed by atoms with Crippen molar-refractivity contribution in [2.45, 2.75) is 20.3 Å². The van der Waals surface area contributed by atoms with E-state index in [9.17, 15) is 12.8 Å². The Hall–Kier alpha value is -0.640. The highest BCUT2D eigenvalue weighted by Gasteiger charge is 2.25. The average molecular weight is 204 g/mol. The Morgan fingerprint density at radius 3 is 2.62 bits per heavy atom. The van der Waals surface area contributed by atoms with Crippen molar-refractivity contribution < 1.29 is 12.8 Å². The molecule has 1 atom stereocenters. The van der Waals surface area contributed by atoms with Gasteiger partial charge in [-0.25, -0.2) is 12.8 Å². The number of sulfone groups is 1. The summed E-state index contributed by atoms with van der Waals surface area (Å²) in [5.41, 5.74) is 0.631. The third-order valence-corrected chi connectivity index (χ3v) is 3.59. The van der Waals surface area contributed by atoms with Gasteiger partial charge in [-0.15, -0.1) is 0 Å². The summed E-state index contributed by atoms with van der Waals surface area (Å²) >= 11 is 0. The third-order valence-electron chi connectivity index (χ3n) is 2.19. The Bertz CT molecular complexity index is 352. The minimum Gasteiger partial charge on any atom is -0.224 e. The Kier molecular flexibility index (Phi) is 2.91. The van der Waals surface area contributed by atoms with Crippen LogP contribution in [0.3, 0.4) is 0 Å². The van der Waals surface area contributed by atoms with Crippen LogP contribution in [0.4, 0.5) is 4.39 Å². The Labute approximate surface area is 78.1 Å². The van der Waals surface area contributed by atoms with Crippen molar-refractivity contribution >= 4 is 9.84 Å². The van der Waals surface area contributed by atoms with Crippen molar-refractivity contribution in [1.82, 2.24) is 0 Å². The van der Waals surface area contributed by atoms with Gasteiger partial charge in [0.25, 0.3) is 0 Å². The summed E-state index contributed by atoms with van der Waals surface area (Å²) in [6.45, 7) is 3.54. The number of hydrogen-bond acceptors (Lipinski definition) is 2. The highest BCUT2D eigenvalue weighted by atomic mass is 32.2. The van der Waals surface area contributed by atoms with Crippen LogP contribution in [0.5, 0.6) is 0 Å². The molecule has 0 aromatic carbocycles. The predicted molar refractivity (Wildman–Crippen MR) is 50.5 cm³/mol. The molecule has 1 aliphatic rings. The molecule has 4 heteroatoms. The number of allylic oxidation sites excluding steroid dienone is 3. The molecule has 0 saturated carbocycles. The van der Waals surface area contributed by atoms with Gasteiger partial charge in [-0.05, 0) is 18.9 Å². The molecule has 1 rings (SSSR count). The lowest BCUT2D eigenvalue weighted by Crippen LogP contribution is -2.07. The van der Waals surface area contributed by atoms with Gasteiger partial charge in [0.15, 0.2) is 9.84 Å². The van der Waals surface area contributed by atoms with E-state index in [4.69, 9.17) is 0 Å². The van der Waals surface area contributed by atoms with Crippen LogP contribution in [-0.4, -0.2) is 14.2 Å². The van der Waals surface area contributed by atoms with E-state index in [1.165, 1.54) is 6.08 Å². The average Bonchev–Trinajstić information content (AvgIpc) is 2.43. The molecule has 0 aromatic heterocycles. The third kappa shape index (κ3) is 2.40. The summed E-state index contributed by atoms with van der Waals surface area (Å²) in [5, 5.41) is 1.10. The second kappa shape index (κ2) is 3.62. The summed E-state index contributed by atoms with van der Waals surface area (Å²) in [6, 6.07) is 0. The summed E-state index contributed by atoms with van der Waals surface area (Å²) in [6.07, 6.45) is 2.04. The summed E-state index contributed by atoms with van der Waals surface area (Å²) < 4.78 is 35.4. The molecule has 2 nitrogen and oxygen atoms in total. The largest absolute Gasteiger partial charge is 0.224 e. The fourth-order valence-electron chi connectivity index (χ4n) is 1.22. The first-order chi connectivity index (χ1) is 5.96. The Morgan fingerprint density at radius 2 is 2.23 bits per heavy atom. The second-order valence-corrected chi connectivity index (χ2v) is 5.18. The highest BCUT2D eigenvalue weighted by molar-refractivity contribution is 7.94. The normalized spacial score (nSPS) is 27.5. The van der Waals surface area contributed by atoms with E-state index < -0.39 is 15.8 Å². The molecule has 0 spiro atoms. The van der Waals surface area contributed by atoms with Crippen LogP contribution in [0, 0.1) is 5.92 Å². The minimum atomic E-state index is -3.14. The molecule has 0 aliphatic carbocycles. The monoisotopic (exact) mass is 204 g/mol. The molecule has 1 heterocycles. The second-order valence-electron chi connectivity index (χ2n) is 3.25. The van der Waals surface area contributed by atoms with E-state index in [0.29, 0.717) is 12.0 Å². The number of halogens is 1. The zero-order valence-electron chi connectivity index (χ0n) is 7.75. The van der Waals surface area contributed by atoms with Gasteiger partial charge in [-0.3, -0.25) is 0 Å². The summed E-state index contributed by atoms with van der Waals surface area (Å²) in [4.78, 5) is 0. The maximum atomic E-state index is 13.4. The lowest BCUT2D eigenvalue weighted by molar-refractivity contribution is 0.531. The molecule has 74 valence electrons. The van der Waals surface area contributed by atoms with E-state index >= 15 is 0 Å². The van der Waals surface area contributed by atoms with Crippen LogP contribution in [0.1, 0.15) is 20.3 Å². The van der Waals surface area contributed by atoms with Gasteiger partial charge in [0.2, 0.25) is 0 Å². The molecule has 0 radical (unpaired) electrons. The van der Waals surface area contributed by atoms with Crippen LogP contribution < -0.4 is 0 Å². The van der Waals surface area contributed by atoms with E-state index in [-0.39, 0.29) is 11.6 Å². The maximum absolute atomic E-state index is 13.4. The van der Waals surface area contributed by atoms with Crippen LogP contribution in [0.25, 0.3) is 0 Å². The summed E-state index contributed by atoms with van der Waals surface area (Å²) in [7, 11) is -3.14. The van der Waals surface area contributed by atoms with Crippen molar-refractivity contribution in [2.75, 3.05) is 5.75 Å². The topological polar surface area (TPSA) is 34.1 Å². The van der Waals surface area contributed by atoms with Gasteiger partial charge in [0, 0.05) is 11.3 Å². The fourth-order valence-corrected chi connectivity index (χ4v) is 2.52. The van der Waals surface area contributed by atoms with Gasteiger partial charge in [-0.1, -0.05) is 13.0 Å². The zero-order valence-corrected chi connectivity index (χ0v) is 8.57. The van der Waals surface area contributed by atoms with E-state index in [2.05, 4.69) is 0 Å². The van der Waals surface area contributed by atoms with Gasteiger partial charge in [-0.2, -0.15) is 0 Å². The maximum Gasteiger partial charge on any atom is 0.172 e. The number of rotatable bonds is 2. The van der Waals surface area contributed by atoms with Crippen LogP contribution >= 0.6 is 0 Å². The van der Waals surface area contributed by atoms with Crippen LogP contribution in [0.2, 0.25) is 0 Å². The van der Waals surface area contributed by atoms with Crippen LogP contribution in [0.15, 0.2) is 22.9 Å². The van der Waals surface area contributed by atoms with Gasteiger partial charge < -0.3 is 0 Å². The fraction of sp³-hybridized carbons (Fsp3) is 0.556. The molecule has 0 saturated heterocycles. The van der Waals surface area contributed by atoms with E-state index in [0.717, 1.165) is 5.41 Å². The van der Waals surface area contributed by atoms with Crippen molar-refractivity contribution in [2.24, 2.45) is 5.92 Å². The Balaban J connectivity index is 2.86. The quantitative estimate of drug-likeness (QED) is 0.691. The van der Waals surface area contributed by atoms with Crippen molar-refractivity contribution in [1.29, 1.82) is 0 Å². The van der Waals surface area contributed by atoms with Gasteiger partial charge >= 0.3 is 0 Å². The molecule has 0 unspecified atom stereocenters. The van der Waals surface area contributed by atoms with E-state index in [1.54, 1.807) is 6.92 Å². The van der Waals surface area contributed by atoms with Crippen molar-refractivity contribution in [3.05, 3.63) is 22.9 Å². The SMILES string of the molecule is CC/C(C)=C(/F)[C@@H]1C=CS(=O)(=O)C1. The predicted octanol–water partition coefficient (Wildman–Crippen LogP) is 2.20. The summed E-state index contributed by atoms with van der Waals surface area (Å²) in [5.74, 6) is -0.958. The molecule has 0 amide bonds. The first kappa shape index (κ1) is 10.4. The molecule has 13 heavy (non-hydrogen) atoms.